The molecule has 0 aliphatic carbocycles. The number of pyridine rings is 1. The number of aromatic nitrogens is 2. The lowest BCUT2D eigenvalue weighted by Gasteiger charge is -2.26. The first-order chi connectivity index (χ1) is 10.1. The number of anilines is 1. The van der Waals surface area contributed by atoms with E-state index in [0.29, 0.717) is 5.56 Å². The predicted octanol–water partition coefficient (Wildman–Crippen LogP) is 3.91. The fourth-order valence-corrected chi connectivity index (χ4v) is 2.98. The maximum absolute atomic E-state index is 9.36. The largest absolute Gasteiger partial charge is 0.372 e. The minimum atomic E-state index is -0.357. The average molecular weight is 294 g/mol. The van der Waals surface area contributed by atoms with Crippen LogP contribution in [0.15, 0.2) is 42.0 Å². The number of nitrogens with zero attached hydrogens (tertiary/aromatic N) is 3. The molecule has 0 fully saturated rings. The molecule has 104 valence electrons. The molecule has 0 radical (unpaired) electrons. The third-order valence-electron chi connectivity index (χ3n) is 3.30. The number of nitrogens with one attached hydrogen (secondary N) is 1. The molecule has 0 aliphatic heterocycles. The van der Waals surface area contributed by atoms with Crippen LogP contribution in [0, 0.1) is 11.3 Å². The van der Waals surface area contributed by atoms with Gasteiger partial charge in [-0.3, -0.25) is 4.98 Å². The first kappa shape index (κ1) is 13.5. The van der Waals surface area contributed by atoms with E-state index in [4.69, 9.17) is 0 Å². The monoisotopic (exact) mass is 294 g/mol. The van der Waals surface area contributed by atoms with Gasteiger partial charge < -0.3 is 5.32 Å². The fraction of sp³-hybridized carbons (Fsp3) is 0.188. The zero-order valence-electron chi connectivity index (χ0n) is 11.8. The van der Waals surface area contributed by atoms with Gasteiger partial charge in [-0.15, -0.1) is 11.3 Å². The van der Waals surface area contributed by atoms with E-state index >= 15 is 0 Å². The van der Waals surface area contributed by atoms with Gasteiger partial charge in [-0.2, -0.15) is 5.26 Å². The molecule has 2 aromatic heterocycles. The van der Waals surface area contributed by atoms with Gasteiger partial charge in [-0.25, -0.2) is 4.98 Å². The fourth-order valence-electron chi connectivity index (χ4n) is 2.26. The van der Waals surface area contributed by atoms with Crippen molar-refractivity contribution in [2.24, 2.45) is 0 Å². The SMILES string of the molecule is CC(C)(Nc1c(C#N)cnc2ccccc12)c1nccs1. The maximum Gasteiger partial charge on any atom is 0.117 e. The number of hydrogen-bond donors (Lipinski definition) is 1. The normalized spacial score (nSPS) is 11.3. The third kappa shape index (κ3) is 2.46. The highest BCUT2D eigenvalue weighted by molar-refractivity contribution is 7.09. The molecule has 2 heterocycles. The van der Waals surface area contributed by atoms with Crippen LogP contribution in [0.1, 0.15) is 24.4 Å². The van der Waals surface area contributed by atoms with Gasteiger partial charge in [0.15, 0.2) is 0 Å². The number of nitriles is 1. The van der Waals surface area contributed by atoms with Crippen LogP contribution < -0.4 is 5.32 Å². The standard InChI is InChI=1S/C16H14N4S/c1-16(2,15-18-7-8-21-15)20-14-11(9-17)10-19-13-6-4-3-5-12(13)14/h3-8,10H,1-2H3,(H,19,20). The Hall–Kier alpha value is -2.45. The van der Waals surface area contributed by atoms with Gasteiger partial charge >= 0.3 is 0 Å². The Morgan fingerprint density at radius 3 is 2.76 bits per heavy atom. The van der Waals surface area contributed by atoms with Gasteiger partial charge in [0, 0.05) is 23.2 Å². The van der Waals surface area contributed by atoms with Crippen molar-refractivity contribution in [1.82, 2.24) is 9.97 Å². The van der Waals surface area contributed by atoms with Crippen LogP contribution >= 0.6 is 11.3 Å². The lowest BCUT2D eigenvalue weighted by molar-refractivity contribution is 0.605. The molecule has 0 amide bonds. The van der Waals surface area contributed by atoms with Crippen LogP contribution in [0.2, 0.25) is 0 Å². The molecule has 5 heteroatoms. The number of para-hydroxylation sites is 1. The molecule has 1 N–H and O–H groups in total. The second-order valence-corrected chi connectivity index (χ2v) is 6.16. The number of fused-ring (bicyclic) bond motifs is 1. The molecule has 4 nitrogen and oxygen atoms in total. The summed E-state index contributed by atoms with van der Waals surface area (Å²) >= 11 is 1.60. The molecule has 0 aliphatic rings. The Morgan fingerprint density at radius 1 is 1.24 bits per heavy atom. The van der Waals surface area contributed by atoms with E-state index in [9.17, 15) is 5.26 Å². The van der Waals surface area contributed by atoms with Crippen LogP contribution in [0.5, 0.6) is 0 Å². The molecule has 21 heavy (non-hydrogen) atoms. The van der Waals surface area contributed by atoms with Crippen molar-refractivity contribution in [1.29, 1.82) is 5.26 Å². The lowest BCUT2D eigenvalue weighted by Crippen LogP contribution is -2.28. The van der Waals surface area contributed by atoms with Crippen LogP contribution in [0.3, 0.4) is 0 Å². The Kier molecular flexibility index (Phi) is 3.32. The molecule has 0 spiro atoms. The zero-order chi connectivity index (χ0) is 14.9. The molecule has 0 atom stereocenters. The van der Waals surface area contributed by atoms with E-state index in [1.165, 1.54) is 0 Å². The van der Waals surface area contributed by atoms with E-state index in [0.717, 1.165) is 21.6 Å². The van der Waals surface area contributed by atoms with Crippen molar-refractivity contribution in [2.75, 3.05) is 5.32 Å². The van der Waals surface area contributed by atoms with Gasteiger partial charge in [0.25, 0.3) is 0 Å². The van der Waals surface area contributed by atoms with Crippen LogP contribution in [0.4, 0.5) is 5.69 Å². The van der Waals surface area contributed by atoms with Gasteiger partial charge in [0.05, 0.1) is 22.3 Å². The van der Waals surface area contributed by atoms with E-state index in [-0.39, 0.29) is 5.54 Å². The molecule has 0 saturated carbocycles. The lowest BCUT2D eigenvalue weighted by atomic mass is 10.0. The number of hydrogen-bond acceptors (Lipinski definition) is 5. The van der Waals surface area contributed by atoms with Crippen molar-refractivity contribution in [3.63, 3.8) is 0 Å². The van der Waals surface area contributed by atoms with Gasteiger partial charge in [0.1, 0.15) is 11.1 Å². The van der Waals surface area contributed by atoms with E-state index in [2.05, 4.69) is 35.2 Å². The Bertz CT molecular complexity index is 816. The third-order valence-corrected chi connectivity index (χ3v) is 4.40. The molecular weight excluding hydrogens is 280 g/mol. The van der Waals surface area contributed by atoms with E-state index in [1.54, 1.807) is 23.7 Å². The van der Waals surface area contributed by atoms with Gasteiger partial charge in [0.2, 0.25) is 0 Å². The first-order valence-electron chi connectivity index (χ1n) is 6.58. The number of benzene rings is 1. The Balaban J connectivity index is 2.14. The van der Waals surface area contributed by atoms with Crippen LogP contribution in [0.25, 0.3) is 10.9 Å². The second-order valence-electron chi connectivity index (χ2n) is 5.26. The summed E-state index contributed by atoms with van der Waals surface area (Å²) in [5.41, 5.74) is 1.86. The van der Waals surface area contributed by atoms with Crippen molar-refractivity contribution in [3.8, 4) is 6.07 Å². The summed E-state index contributed by atoms with van der Waals surface area (Å²) < 4.78 is 0. The predicted molar refractivity (Wildman–Crippen MR) is 85.2 cm³/mol. The van der Waals surface area contributed by atoms with E-state index < -0.39 is 0 Å². The summed E-state index contributed by atoms with van der Waals surface area (Å²) in [6.45, 7) is 4.12. The number of thiazole rings is 1. The topological polar surface area (TPSA) is 61.6 Å². The summed E-state index contributed by atoms with van der Waals surface area (Å²) in [6.07, 6.45) is 3.40. The summed E-state index contributed by atoms with van der Waals surface area (Å²) in [6, 6.07) is 10.0. The Labute approximate surface area is 127 Å². The maximum atomic E-state index is 9.36. The summed E-state index contributed by atoms with van der Waals surface area (Å²) in [7, 11) is 0. The van der Waals surface area contributed by atoms with Gasteiger partial charge in [-0.1, -0.05) is 18.2 Å². The molecular formula is C16H14N4S. The molecule has 1 aromatic carbocycles. The highest BCUT2D eigenvalue weighted by atomic mass is 32.1. The average Bonchev–Trinajstić information content (AvgIpc) is 3.02. The molecule has 3 aromatic rings. The summed E-state index contributed by atoms with van der Waals surface area (Å²) in [5.74, 6) is 0. The first-order valence-corrected chi connectivity index (χ1v) is 7.46. The van der Waals surface area contributed by atoms with Gasteiger partial charge in [-0.05, 0) is 19.9 Å². The molecule has 0 saturated heterocycles. The van der Waals surface area contributed by atoms with Crippen molar-refractivity contribution >= 4 is 27.9 Å². The van der Waals surface area contributed by atoms with Crippen LogP contribution in [-0.4, -0.2) is 9.97 Å². The minimum Gasteiger partial charge on any atom is -0.372 e. The van der Waals surface area contributed by atoms with Crippen molar-refractivity contribution in [2.45, 2.75) is 19.4 Å². The summed E-state index contributed by atoms with van der Waals surface area (Å²) in [4.78, 5) is 8.71. The number of rotatable bonds is 3. The Morgan fingerprint density at radius 2 is 2.05 bits per heavy atom. The quantitative estimate of drug-likeness (QED) is 0.795. The van der Waals surface area contributed by atoms with Crippen LogP contribution in [-0.2, 0) is 5.54 Å². The smallest absolute Gasteiger partial charge is 0.117 e. The van der Waals surface area contributed by atoms with E-state index in [1.807, 2.05) is 29.6 Å². The van der Waals surface area contributed by atoms with Crippen molar-refractivity contribution < 1.29 is 0 Å². The molecule has 0 unspecified atom stereocenters. The molecule has 0 bridgehead atoms. The highest BCUT2D eigenvalue weighted by Crippen LogP contribution is 2.32. The second kappa shape index (κ2) is 5.15. The van der Waals surface area contributed by atoms with Crippen molar-refractivity contribution in [3.05, 3.63) is 52.6 Å². The zero-order valence-corrected chi connectivity index (χ0v) is 12.6. The minimum absolute atomic E-state index is 0.357. The summed E-state index contributed by atoms with van der Waals surface area (Å²) in [5, 5.41) is 16.7. The molecule has 3 rings (SSSR count). The highest BCUT2D eigenvalue weighted by Gasteiger charge is 2.25.